The van der Waals surface area contributed by atoms with Gasteiger partial charge in [0.25, 0.3) is 0 Å². The molecule has 2 heterocycles. The summed E-state index contributed by atoms with van der Waals surface area (Å²) in [7, 11) is 1.71. The Hall–Kier alpha value is -2.81. The number of rotatable bonds is 11. The second-order valence-corrected chi connectivity index (χ2v) is 7.65. The number of nitrogens with zero attached hydrogens (tertiary/aromatic N) is 6. The Balaban J connectivity index is 1.56. The summed E-state index contributed by atoms with van der Waals surface area (Å²) in [6.45, 7) is 11.7. The van der Waals surface area contributed by atoms with Crippen molar-refractivity contribution in [2.45, 2.75) is 33.2 Å². The van der Waals surface area contributed by atoms with E-state index in [4.69, 9.17) is 14.5 Å². The number of piperazine rings is 1. The second kappa shape index (κ2) is 12.9. The van der Waals surface area contributed by atoms with Gasteiger partial charge in [-0.05, 0) is 25.5 Å². The lowest BCUT2D eigenvalue weighted by atomic mass is 10.2. The molecule has 1 aliphatic heterocycles. The summed E-state index contributed by atoms with van der Waals surface area (Å²) in [5.41, 5.74) is 1.20. The zero-order chi connectivity index (χ0) is 22.6. The minimum Gasteiger partial charge on any atom is -0.497 e. The van der Waals surface area contributed by atoms with E-state index in [2.05, 4.69) is 48.9 Å². The van der Waals surface area contributed by atoms with Gasteiger partial charge >= 0.3 is 0 Å². The van der Waals surface area contributed by atoms with Crippen molar-refractivity contribution >= 4 is 11.6 Å². The summed E-state index contributed by atoms with van der Waals surface area (Å²) in [4.78, 5) is 9.63. The number of hydrogen-bond acceptors (Lipinski definition) is 6. The number of ether oxygens (including phenoxy) is 2. The van der Waals surface area contributed by atoms with Crippen LogP contribution in [0.1, 0.15) is 26.1 Å². The smallest absolute Gasteiger partial charge is 0.194 e. The first-order valence-electron chi connectivity index (χ1n) is 11.6. The quantitative estimate of drug-likeness (QED) is 0.323. The molecule has 0 amide bonds. The van der Waals surface area contributed by atoms with Gasteiger partial charge in [0.05, 0.1) is 7.11 Å². The molecule has 0 saturated carbocycles. The molecular weight excluding hydrogens is 406 g/mol. The number of hydrogen-bond donors (Lipinski definition) is 1. The van der Waals surface area contributed by atoms with Crippen LogP contribution in [0.5, 0.6) is 5.75 Å². The van der Waals surface area contributed by atoms with Gasteiger partial charge in [-0.15, -0.1) is 10.2 Å². The van der Waals surface area contributed by atoms with Crippen LogP contribution in [0.2, 0.25) is 0 Å². The predicted molar refractivity (Wildman–Crippen MR) is 128 cm³/mol. The maximum atomic E-state index is 5.46. The van der Waals surface area contributed by atoms with E-state index in [1.807, 2.05) is 19.1 Å². The van der Waals surface area contributed by atoms with Crippen LogP contribution in [0, 0.1) is 0 Å². The zero-order valence-corrected chi connectivity index (χ0v) is 19.7. The Kier molecular flexibility index (Phi) is 9.61. The minimum absolute atomic E-state index is 0.747. The first-order chi connectivity index (χ1) is 15.7. The molecule has 32 heavy (non-hydrogen) atoms. The van der Waals surface area contributed by atoms with Crippen LogP contribution >= 0.6 is 0 Å². The molecule has 0 radical (unpaired) electrons. The molecule has 9 nitrogen and oxygen atoms in total. The molecule has 1 aromatic heterocycles. The average Bonchev–Trinajstić information content (AvgIpc) is 3.30. The largest absolute Gasteiger partial charge is 0.497 e. The SMILES string of the molecule is CCOCCCN=C(NCCn1cnnc1CC)N1CCN(c2cccc(OC)c2)CC1. The van der Waals surface area contributed by atoms with Crippen molar-refractivity contribution in [2.24, 2.45) is 4.99 Å². The number of aliphatic imine (C=N–C) groups is 1. The van der Waals surface area contributed by atoms with Crippen LogP contribution in [-0.4, -0.2) is 85.2 Å². The highest BCUT2D eigenvalue weighted by Gasteiger charge is 2.20. The molecule has 0 unspecified atom stereocenters. The first kappa shape index (κ1) is 23.8. The van der Waals surface area contributed by atoms with E-state index in [1.165, 1.54) is 5.69 Å². The summed E-state index contributed by atoms with van der Waals surface area (Å²) < 4.78 is 12.9. The fourth-order valence-corrected chi connectivity index (χ4v) is 3.77. The van der Waals surface area contributed by atoms with E-state index < -0.39 is 0 Å². The number of benzene rings is 1. The molecule has 1 aliphatic rings. The molecule has 0 spiro atoms. The number of anilines is 1. The van der Waals surface area contributed by atoms with E-state index >= 15 is 0 Å². The van der Waals surface area contributed by atoms with Crippen LogP contribution in [0.25, 0.3) is 0 Å². The van der Waals surface area contributed by atoms with Gasteiger partial charge in [-0.25, -0.2) is 0 Å². The lowest BCUT2D eigenvalue weighted by Crippen LogP contribution is -2.53. The second-order valence-electron chi connectivity index (χ2n) is 7.65. The third kappa shape index (κ3) is 6.85. The number of aryl methyl sites for hydroxylation is 1. The standard InChI is InChI=1S/C23H37N7O2/c1-4-22-27-26-19-30(22)12-11-25-23(24-10-7-17-32-5-2)29-15-13-28(14-16-29)20-8-6-9-21(18-20)31-3/h6,8-9,18-19H,4-5,7,10-17H2,1-3H3,(H,24,25). The van der Waals surface area contributed by atoms with Crippen LogP contribution in [-0.2, 0) is 17.7 Å². The lowest BCUT2D eigenvalue weighted by molar-refractivity contribution is 0.146. The summed E-state index contributed by atoms with van der Waals surface area (Å²) in [5, 5.41) is 11.8. The number of nitrogens with one attached hydrogen (secondary N) is 1. The molecule has 0 bridgehead atoms. The Morgan fingerprint density at radius 1 is 1.19 bits per heavy atom. The van der Waals surface area contributed by atoms with E-state index in [0.717, 1.165) is 89.4 Å². The topological polar surface area (TPSA) is 80.0 Å². The highest BCUT2D eigenvalue weighted by molar-refractivity contribution is 5.80. The van der Waals surface area contributed by atoms with Crippen molar-refractivity contribution in [2.75, 3.05) is 64.5 Å². The fourth-order valence-electron chi connectivity index (χ4n) is 3.77. The van der Waals surface area contributed by atoms with Gasteiger partial charge in [0.2, 0.25) is 0 Å². The monoisotopic (exact) mass is 443 g/mol. The van der Waals surface area contributed by atoms with Gasteiger partial charge in [0.1, 0.15) is 17.9 Å². The van der Waals surface area contributed by atoms with Gasteiger partial charge in [0.15, 0.2) is 5.96 Å². The van der Waals surface area contributed by atoms with Crippen LogP contribution in [0.4, 0.5) is 5.69 Å². The molecule has 176 valence electrons. The number of aromatic nitrogens is 3. The van der Waals surface area contributed by atoms with Crippen molar-refractivity contribution in [3.63, 3.8) is 0 Å². The predicted octanol–water partition coefficient (Wildman–Crippen LogP) is 2.04. The first-order valence-corrected chi connectivity index (χ1v) is 11.6. The van der Waals surface area contributed by atoms with E-state index in [-0.39, 0.29) is 0 Å². The Morgan fingerprint density at radius 2 is 2.03 bits per heavy atom. The Morgan fingerprint density at radius 3 is 2.78 bits per heavy atom. The van der Waals surface area contributed by atoms with Crippen LogP contribution < -0.4 is 15.0 Å². The molecule has 1 N–H and O–H groups in total. The van der Waals surface area contributed by atoms with Gasteiger partial charge < -0.3 is 29.2 Å². The third-order valence-electron chi connectivity index (χ3n) is 5.56. The third-order valence-corrected chi connectivity index (χ3v) is 5.56. The summed E-state index contributed by atoms with van der Waals surface area (Å²) in [6, 6.07) is 8.27. The van der Waals surface area contributed by atoms with Gasteiger partial charge in [0, 0.05) is 77.2 Å². The lowest BCUT2D eigenvalue weighted by Gasteiger charge is -2.38. The van der Waals surface area contributed by atoms with E-state index in [9.17, 15) is 0 Å². The Labute approximate surface area is 191 Å². The van der Waals surface area contributed by atoms with E-state index in [1.54, 1.807) is 13.4 Å². The fraction of sp³-hybridized carbons (Fsp3) is 0.609. The van der Waals surface area contributed by atoms with E-state index in [0.29, 0.717) is 0 Å². The number of methoxy groups -OCH3 is 1. The highest BCUT2D eigenvalue weighted by atomic mass is 16.5. The molecule has 0 aliphatic carbocycles. The van der Waals surface area contributed by atoms with Gasteiger partial charge in [-0.2, -0.15) is 0 Å². The highest BCUT2D eigenvalue weighted by Crippen LogP contribution is 2.22. The molecule has 1 aromatic carbocycles. The van der Waals surface area contributed by atoms with Crippen molar-refractivity contribution in [1.82, 2.24) is 25.0 Å². The molecule has 1 fully saturated rings. The Bertz CT molecular complexity index is 831. The molecule has 1 saturated heterocycles. The molecule has 0 atom stereocenters. The summed E-state index contributed by atoms with van der Waals surface area (Å²) in [6.07, 6.45) is 3.60. The summed E-state index contributed by atoms with van der Waals surface area (Å²) in [5.74, 6) is 2.87. The van der Waals surface area contributed by atoms with Crippen molar-refractivity contribution in [3.05, 3.63) is 36.4 Å². The average molecular weight is 444 g/mol. The van der Waals surface area contributed by atoms with Crippen molar-refractivity contribution in [1.29, 1.82) is 0 Å². The van der Waals surface area contributed by atoms with Gasteiger partial charge in [-0.1, -0.05) is 13.0 Å². The maximum absolute atomic E-state index is 5.46. The zero-order valence-electron chi connectivity index (χ0n) is 19.7. The molecule has 9 heteroatoms. The van der Waals surface area contributed by atoms with Crippen molar-refractivity contribution in [3.8, 4) is 5.75 Å². The van der Waals surface area contributed by atoms with Crippen molar-refractivity contribution < 1.29 is 9.47 Å². The minimum atomic E-state index is 0.747. The summed E-state index contributed by atoms with van der Waals surface area (Å²) >= 11 is 0. The molecule has 3 rings (SSSR count). The maximum Gasteiger partial charge on any atom is 0.194 e. The van der Waals surface area contributed by atoms with Crippen LogP contribution in [0.15, 0.2) is 35.6 Å². The molecule has 2 aromatic rings. The molecular formula is C23H37N7O2. The van der Waals surface area contributed by atoms with Crippen LogP contribution in [0.3, 0.4) is 0 Å². The normalized spacial score (nSPS) is 14.7. The number of guanidine groups is 1. The van der Waals surface area contributed by atoms with Gasteiger partial charge in [-0.3, -0.25) is 4.99 Å².